The lowest BCUT2D eigenvalue weighted by atomic mass is 10.4. The number of H-pyrrole nitrogens is 1. The zero-order chi connectivity index (χ0) is 10.7. The molecule has 1 aromatic rings. The number of piperazine rings is 1. The molecule has 1 fully saturated rings. The average molecular weight is 208 g/mol. The molecule has 1 aliphatic rings. The van der Waals surface area contributed by atoms with Gasteiger partial charge < -0.3 is 15.2 Å². The van der Waals surface area contributed by atoms with Gasteiger partial charge in [-0.15, -0.1) is 0 Å². The van der Waals surface area contributed by atoms with E-state index in [1.165, 1.54) is 0 Å². The van der Waals surface area contributed by atoms with Crippen molar-refractivity contribution in [3.05, 3.63) is 18.3 Å². The van der Waals surface area contributed by atoms with Crippen molar-refractivity contribution in [3.63, 3.8) is 0 Å². The van der Waals surface area contributed by atoms with Crippen molar-refractivity contribution in [1.82, 2.24) is 15.2 Å². The van der Waals surface area contributed by atoms with Gasteiger partial charge in [-0.3, -0.25) is 4.90 Å². The average Bonchev–Trinajstić information content (AvgIpc) is 2.82. The molecule has 15 heavy (non-hydrogen) atoms. The lowest BCUT2D eigenvalue weighted by Gasteiger charge is -2.30. The minimum atomic E-state index is 0.0546. The first-order chi connectivity index (χ1) is 7.29. The second-order valence-electron chi connectivity index (χ2n) is 3.63. The van der Waals surface area contributed by atoms with Crippen molar-refractivity contribution >= 4 is 11.8 Å². The third-order valence-corrected chi connectivity index (χ3v) is 2.62. The van der Waals surface area contributed by atoms with Gasteiger partial charge in [-0.25, -0.2) is 4.79 Å². The summed E-state index contributed by atoms with van der Waals surface area (Å²) < 4.78 is 0. The molecule has 0 atom stereocenters. The van der Waals surface area contributed by atoms with Crippen molar-refractivity contribution in [3.8, 4) is 0 Å². The highest BCUT2D eigenvalue weighted by molar-refractivity contribution is 5.90. The lowest BCUT2D eigenvalue weighted by molar-refractivity contribution is 0.198. The Hall–Kier alpha value is -1.49. The first kappa shape index (κ1) is 10.0. The van der Waals surface area contributed by atoms with Gasteiger partial charge in [0.2, 0.25) is 0 Å². The van der Waals surface area contributed by atoms with Crippen molar-refractivity contribution in [2.24, 2.45) is 0 Å². The molecule has 1 saturated heterocycles. The fourth-order valence-corrected chi connectivity index (χ4v) is 1.70. The number of aromatic nitrogens is 1. The van der Waals surface area contributed by atoms with Crippen LogP contribution in [0.3, 0.4) is 0 Å². The molecule has 0 aliphatic carbocycles. The maximum atomic E-state index is 12.0. The molecule has 0 saturated carbocycles. The number of carbonyl (C=O) groups is 1. The molecule has 2 N–H and O–H groups in total. The summed E-state index contributed by atoms with van der Waals surface area (Å²) in [7, 11) is 1.79. The molecule has 82 valence electrons. The van der Waals surface area contributed by atoms with E-state index in [-0.39, 0.29) is 6.03 Å². The van der Waals surface area contributed by atoms with Crippen molar-refractivity contribution in [2.45, 2.75) is 0 Å². The third-order valence-electron chi connectivity index (χ3n) is 2.62. The van der Waals surface area contributed by atoms with E-state index in [2.05, 4.69) is 10.3 Å². The number of hydrogen-bond acceptors (Lipinski definition) is 2. The Morgan fingerprint density at radius 1 is 1.47 bits per heavy atom. The fourth-order valence-electron chi connectivity index (χ4n) is 1.70. The monoisotopic (exact) mass is 208 g/mol. The van der Waals surface area contributed by atoms with E-state index >= 15 is 0 Å². The molecule has 0 unspecified atom stereocenters. The third kappa shape index (κ3) is 2.12. The number of nitrogens with zero attached hydrogens (tertiary/aromatic N) is 2. The summed E-state index contributed by atoms with van der Waals surface area (Å²) in [5.74, 6) is 0.832. The summed E-state index contributed by atoms with van der Waals surface area (Å²) >= 11 is 0. The van der Waals surface area contributed by atoms with E-state index in [4.69, 9.17) is 0 Å². The van der Waals surface area contributed by atoms with Crippen molar-refractivity contribution in [2.75, 3.05) is 38.1 Å². The van der Waals surface area contributed by atoms with E-state index in [0.29, 0.717) is 0 Å². The minimum absolute atomic E-state index is 0.0546. The van der Waals surface area contributed by atoms with Crippen LogP contribution >= 0.6 is 0 Å². The SMILES string of the molecule is CN(C(=O)N1CCNCC1)c1ccc[nH]1. The van der Waals surface area contributed by atoms with Gasteiger partial charge in [-0.05, 0) is 12.1 Å². The van der Waals surface area contributed by atoms with Gasteiger partial charge in [0.25, 0.3) is 0 Å². The second kappa shape index (κ2) is 4.35. The van der Waals surface area contributed by atoms with E-state index in [9.17, 15) is 4.79 Å². The standard InChI is InChI=1S/C10H16N4O/c1-13(9-3-2-4-12-9)10(15)14-7-5-11-6-8-14/h2-4,11-12H,5-8H2,1H3. The van der Waals surface area contributed by atoms with Gasteiger partial charge in [-0.2, -0.15) is 0 Å². The second-order valence-corrected chi connectivity index (χ2v) is 3.63. The van der Waals surface area contributed by atoms with Crippen LogP contribution in [0.25, 0.3) is 0 Å². The summed E-state index contributed by atoms with van der Waals surface area (Å²) in [5.41, 5.74) is 0. The lowest BCUT2D eigenvalue weighted by Crippen LogP contribution is -2.50. The topological polar surface area (TPSA) is 51.4 Å². The zero-order valence-corrected chi connectivity index (χ0v) is 8.86. The molecular formula is C10H16N4O. The molecule has 2 amide bonds. The van der Waals surface area contributed by atoms with Gasteiger partial charge >= 0.3 is 6.03 Å². The van der Waals surface area contributed by atoms with E-state index < -0.39 is 0 Å². The van der Waals surface area contributed by atoms with Crippen LogP contribution in [-0.4, -0.2) is 49.1 Å². The zero-order valence-electron chi connectivity index (χ0n) is 8.86. The van der Waals surface area contributed by atoms with Gasteiger partial charge in [-0.1, -0.05) is 0 Å². The Kier molecular flexibility index (Phi) is 2.91. The number of hydrogen-bond donors (Lipinski definition) is 2. The fraction of sp³-hybridized carbons (Fsp3) is 0.500. The maximum absolute atomic E-state index is 12.0. The largest absolute Gasteiger partial charge is 0.348 e. The molecule has 2 rings (SSSR count). The van der Waals surface area contributed by atoms with Crippen LogP contribution in [0.1, 0.15) is 0 Å². The highest BCUT2D eigenvalue weighted by atomic mass is 16.2. The van der Waals surface area contributed by atoms with Gasteiger partial charge in [0, 0.05) is 39.4 Å². The number of nitrogens with one attached hydrogen (secondary N) is 2. The van der Waals surface area contributed by atoms with Gasteiger partial charge in [0.1, 0.15) is 5.82 Å². The van der Waals surface area contributed by atoms with Gasteiger partial charge in [0.05, 0.1) is 0 Å². The summed E-state index contributed by atoms with van der Waals surface area (Å²) in [4.78, 5) is 18.5. The van der Waals surface area contributed by atoms with Crippen LogP contribution in [0.15, 0.2) is 18.3 Å². The van der Waals surface area contributed by atoms with Crippen molar-refractivity contribution in [1.29, 1.82) is 0 Å². The van der Waals surface area contributed by atoms with E-state index in [0.717, 1.165) is 32.0 Å². The summed E-state index contributed by atoms with van der Waals surface area (Å²) in [6, 6.07) is 3.83. The van der Waals surface area contributed by atoms with E-state index in [1.54, 1.807) is 11.9 Å². The molecule has 0 radical (unpaired) electrons. The Morgan fingerprint density at radius 3 is 2.80 bits per heavy atom. The Bertz CT molecular complexity index is 316. The predicted octanol–water partition coefficient (Wildman–Crippen LogP) is 0.476. The molecular weight excluding hydrogens is 192 g/mol. The first-order valence-corrected chi connectivity index (χ1v) is 5.16. The summed E-state index contributed by atoms with van der Waals surface area (Å²) in [5, 5.41) is 3.22. The van der Waals surface area contributed by atoms with Gasteiger partial charge in [0.15, 0.2) is 0 Å². The number of amides is 2. The number of anilines is 1. The Balaban J connectivity index is 2.00. The van der Waals surface area contributed by atoms with Crippen LogP contribution in [0.5, 0.6) is 0 Å². The van der Waals surface area contributed by atoms with Crippen LogP contribution in [0, 0.1) is 0 Å². The van der Waals surface area contributed by atoms with Crippen molar-refractivity contribution < 1.29 is 4.79 Å². The summed E-state index contributed by atoms with van der Waals surface area (Å²) in [6.07, 6.45) is 1.82. The Labute approximate surface area is 89.1 Å². The molecule has 0 aromatic carbocycles. The molecule has 0 spiro atoms. The molecule has 5 heteroatoms. The quantitative estimate of drug-likeness (QED) is 0.705. The molecule has 1 aliphatic heterocycles. The normalized spacial score (nSPS) is 16.5. The van der Waals surface area contributed by atoms with Crippen LogP contribution in [-0.2, 0) is 0 Å². The van der Waals surface area contributed by atoms with Crippen LogP contribution in [0.2, 0.25) is 0 Å². The first-order valence-electron chi connectivity index (χ1n) is 5.16. The highest BCUT2D eigenvalue weighted by Crippen LogP contribution is 2.10. The van der Waals surface area contributed by atoms with Crippen LogP contribution in [0.4, 0.5) is 10.6 Å². The van der Waals surface area contributed by atoms with Crippen LogP contribution < -0.4 is 10.2 Å². The van der Waals surface area contributed by atoms with E-state index in [1.807, 2.05) is 23.2 Å². The minimum Gasteiger partial charge on any atom is -0.348 e. The molecule has 2 heterocycles. The highest BCUT2D eigenvalue weighted by Gasteiger charge is 2.20. The number of rotatable bonds is 1. The number of urea groups is 1. The number of carbonyl (C=O) groups excluding carboxylic acids is 1. The summed E-state index contributed by atoms with van der Waals surface area (Å²) in [6.45, 7) is 3.32. The molecule has 1 aromatic heterocycles. The maximum Gasteiger partial charge on any atom is 0.325 e. The smallest absolute Gasteiger partial charge is 0.325 e. The molecule has 5 nitrogen and oxygen atoms in total. The molecule has 0 bridgehead atoms. The number of aromatic amines is 1. The predicted molar refractivity (Wildman–Crippen MR) is 59.0 cm³/mol. The Morgan fingerprint density at radius 2 is 2.20 bits per heavy atom.